The molecule has 0 saturated carbocycles. The van der Waals surface area contributed by atoms with E-state index in [-0.39, 0.29) is 48.3 Å². The van der Waals surface area contributed by atoms with E-state index < -0.39 is 7.60 Å². The molecule has 5 heteroatoms. The molecule has 0 aromatic heterocycles. The molecule has 0 fully saturated rings. The Morgan fingerprint density at radius 2 is 1.92 bits per heavy atom. The fourth-order valence-electron chi connectivity index (χ4n) is 1.00. The van der Waals surface area contributed by atoms with Crippen LogP contribution < -0.4 is 0 Å². The van der Waals surface area contributed by atoms with Gasteiger partial charge in [-0.05, 0) is 13.3 Å². The summed E-state index contributed by atoms with van der Waals surface area (Å²) in [5.41, 5.74) is 0. The van der Waals surface area contributed by atoms with Crippen molar-refractivity contribution >= 4 is 53.1 Å². The molecule has 0 amide bonds. The van der Waals surface area contributed by atoms with E-state index in [1.807, 2.05) is 0 Å². The molecule has 0 rings (SSSR count). The summed E-state index contributed by atoms with van der Waals surface area (Å²) in [4.78, 5) is 9.15. The van der Waals surface area contributed by atoms with Gasteiger partial charge in [0.15, 0.2) is 0 Å². The van der Waals surface area contributed by atoms with Gasteiger partial charge in [0.2, 0.25) is 0 Å². The summed E-state index contributed by atoms with van der Waals surface area (Å²) in [7, 11) is -3.23. The Hall–Kier alpha value is 1.63. The SMILES string of the molecule is CCCCCCP(=O)(O)OCC.[H-].[H-].[Sr+2]. The maximum Gasteiger partial charge on any atom is 2.00 e. The normalized spacial score (nSPS) is 14.7. The van der Waals surface area contributed by atoms with E-state index in [0.29, 0.717) is 12.8 Å². The standard InChI is InChI=1S/C8H19O3P.Sr.2H/c1-3-5-6-7-8-12(9,10)11-4-2;;;/h3-8H2,1-2H3,(H,9,10);;;/q;+2;2*-1. The Balaban J connectivity index is -0.000000202. The average molecular weight is 284 g/mol. The van der Waals surface area contributed by atoms with Gasteiger partial charge in [-0.2, -0.15) is 0 Å². The zero-order valence-corrected chi connectivity index (χ0v) is 13.0. The Kier molecular flexibility index (Phi) is 13.3. The van der Waals surface area contributed by atoms with Gasteiger partial charge in [-0.15, -0.1) is 0 Å². The molecule has 0 aromatic rings. The molecule has 0 saturated heterocycles. The molecule has 1 N–H and O–H groups in total. The number of rotatable bonds is 7. The predicted octanol–water partition coefficient (Wildman–Crippen LogP) is 2.63. The summed E-state index contributed by atoms with van der Waals surface area (Å²) in [6.45, 7) is 4.16. The summed E-state index contributed by atoms with van der Waals surface area (Å²) < 4.78 is 15.8. The first kappa shape index (κ1) is 17.0. The van der Waals surface area contributed by atoms with Gasteiger partial charge in [0, 0.05) is 6.16 Å². The Morgan fingerprint density at radius 1 is 1.31 bits per heavy atom. The van der Waals surface area contributed by atoms with E-state index in [4.69, 9.17) is 9.42 Å². The first-order valence-corrected chi connectivity index (χ1v) is 6.35. The zero-order valence-electron chi connectivity index (χ0n) is 10.7. The van der Waals surface area contributed by atoms with Gasteiger partial charge in [0.1, 0.15) is 0 Å². The molecule has 1 unspecified atom stereocenters. The summed E-state index contributed by atoms with van der Waals surface area (Å²) in [6.07, 6.45) is 4.40. The minimum Gasteiger partial charge on any atom is -1.00 e. The topological polar surface area (TPSA) is 46.5 Å². The van der Waals surface area contributed by atoms with Gasteiger partial charge < -0.3 is 12.3 Å². The van der Waals surface area contributed by atoms with Crippen molar-refractivity contribution in [3.63, 3.8) is 0 Å². The first-order valence-electron chi connectivity index (χ1n) is 4.58. The molecule has 78 valence electrons. The molecule has 3 nitrogen and oxygen atoms in total. The second-order valence-corrected chi connectivity index (χ2v) is 4.82. The molecule has 0 spiro atoms. The van der Waals surface area contributed by atoms with Crippen LogP contribution in [0.5, 0.6) is 0 Å². The minimum atomic E-state index is -3.23. The molecule has 0 bridgehead atoms. The molecule has 0 aliphatic heterocycles. The van der Waals surface area contributed by atoms with Crippen LogP contribution in [0.4, 0.5) is 0 Å². The van der Waals surface area contributed by atoms with Crippen LogP contribution in [0.1, 0.15) is 42.4 Å². The van der Waals surface area contributed by atoms with Gasteiger partial charge in [-0.1, -0.05) is 26.2 Å². The zero-order chi connectivity index (χ0) is 9.45. The average Bonchev–Trinajstić information content (AvgIpc) is 1.98. The summed E-state index contributed by atoms with van der Waals surface area (Å²) in [5.74, 6) is 0. The van der Waals surface area contributed by atoms with Crippen LogP contribution in [-0.4, -0.2) is 63.1 Å². The van der Waals surface area contributed by atoms with Crippen molar-refractivity contribution in [3.05, 3.63) is 0 Å². The number of unbranched alkanes of at least 4 members (excludes halogenated alkanes) is 3. The Morgan fingerprint density at radius 3 is 2.38 bits per heavy atom. The number of hydrogen-bond acceptors (Lipinski definition) is 2. The maximum atomic E-state index is 11.1. The first-order chi connectivity index (χ1) is 5.62. The molecule has 0 aliphatic carbocycles. The fourth-order valence-corrected chi connectivity index (χ4v) is 2.16. The van der Waals surface area contributed by atoms with Crippen LogP contribution in [0.3, 0.4) is 0 Å². The second kappa shape index (κ2) is 10.2. The van der Waals surface area contributed by atoms with E-state index in [1.165, 1.54) is 0 Å². The molecule has 0 radical (unpaired) electrons. The molecule has 0 aliphatic rings. The largest absolute Gasteiger partial charge is 2.00 e. The van der Waals surface area contributed by atoms with Crippen molar-refractivity contribution in [2.45, 2.75) is 39.5 Å². The smallest absolute Gasteiger partial charge is 1.00 e. The van der Waals surface area contributed by atoms with E-state index >= 15 is 0 Å². The molecule has 13 heavy (non-hydrogen) atoms. The van der Waals surface area contributed by atoms with Crippen LogP contribution in [0.2, 0.25) is 0 Å². The Labute approximate surface area is 121 Å². The van der Waals surface area contributed by atoms with Crippen LogP contribution in [-0.2, 0) is 9.09 Å². The van der Waals surface area contributed by atoms with E-state index in [0.717, 1.165) is 25.7 Å². The van der Waals surface area contributed by atoms with Crippen molar-refractivity contribution in [1.82, 2.24) is 0 Å². The van der Waals surface area contributed by atoms with Gasteiger partial charge >= 0.3 is 53.1 Å². The molecule has 0 heterocycles. The monoisotopic (exact) mass is 284 g/mol. The fraction of sp³-hybridized carbons (Fsp3) is 1.00. The molecule has 0 aromatic carbocycles. The van der Waals surface area contributed by atoms with Crippen LogP contribution in [0.25, 0.3) is 0 Å². The van der Waals surface area contributed by atoms with Crippen molar-refractivity contribution in [2.75, 3.05) is 12.8 Å². The minimum absolute atomic E-state index is 0. The number of hydrogen-bond donors (Lipinski definition) is 1. The van der Waals surface area contributed by atoms with Crippen molar-refractivity contribution < 1.29 is 16.8 Å². The second-order valence-electron chi connectivity index (χ2n) is 2.84. The van der Waals surface area contributed by atoms with Crippen molar-refractivity contribution in [1.29, 1.82) is 0 Å². The van der Waals surface area contributed by atoms with Gasteiger partial charge in [-0.3, -0.25) is 4.57 Å². The maximum absolute atomic E-state index is 11.1. The molecular formula is C8H21O3PSr. The van der Waals surface area contributed by atoms with Gasteiger partial charge in [0.25, 0.3) is 0 Å². The van der Waals surface area contributed by atoms with Crippen LogP contribution in [0, 0.1) is 0 Å². The molecular weight excluding hydrogens is 263 g/mol. The van der Waals surface area contributed by atoms with Gasteiger partial charge in [0.05, 0.1) is 6.61 Å². The summed E-state index contributed by atoms with van der Waals surface area (Å²) in [6, 6.07) is 0. The third-order valence-corrected chi connectivity index (χ3v) is 3.17. The summed E-state index contributed by atoms with van der Waals surface area (Å²) in [5, 5.41) is 0. The summed E-state index contributed by atoms with van der Waals surface area (Å²) >= 11 is 0. The predicted molar refractivity (Wildman–Crippen MR) is 58.4 cm³/mol. The van der Waals surface area contributed by atoms with Crippen LogP contribution in [0.15, 0.2) is 0 Å². The van der Waals surface area contributed by atoms with E-state index in [2.05, 4.69) is 6.92 Å². The van der Waals surface area contributed by atoms with Crippen molar-refractivity contribution in [3.8, 4) is 0 Å². The van der Waals surface area contributed by atoms with Crippen molar-refractivity contribution in [2.24, 2.45) is 0 Å². The third-order valence-electron chi connectivity index (χ3n) is 1.63. The van der Waals surface area contributed by atoms with E-state index in [1.54, 1.807) is 6.92 Å². The quantitative estimate of drug-likeness (QED) is 0.444. The van der Waals surface area contributed by atoms with Crippen LogP contribution >= 0.6 is 7.60 Å². The Bertz CT molecular complexity index is 161. The third kappa shape index (κ3) is 11.6. The van der Waals surface area contributed by atoms with Gasteiger partial charge in [-0.25, -0.2) is 0 Å². The van der Waals surface area contributed by atoms with E-state index in [9.17, 15) is 4.57 Å². The molecule has 1 atom stereocenters.